The summed E-state index contributed by atoms with van der Waals surface area (Å²) in [4.78, 5) is 1.47. The van der Waals surface area contributed by atoms with Gasteiger partial charge in [0.2, 0.25) is 0 Å². The highest BCUT2D eigenvalue weighted by atomic mass is 79.9. The Balaban J connectivity index is 1.67. The van der Waals surface area contributed by atoms with Crippen LogP contribution in [0.5, 0.6) is 0 Å². The third-order valence-corrected chi connectivity index (χ3v) is 5.68. The highest BCUT2D eigenvalue weighted by Gasteiger charge is 2.37. The molecule has 1 N–H and O–H groups in total. The Bertz CT molecular complexity index is 383. The molecular weight excluding hydrogens is 298 g/mol. The summed E-state index contributed by atoms with van der Waals surface area (Å²) in [6.45, 7) is 2.95. The van der Waals surface area contributed by atoms with Crippen molar-refractivity contribution in [2.75, 3.05) is 19.8 Å². The molecule has 1 aromatic rings. The Labute approximate surface area is 115 Å². The largest absolute Gasteiger partial charge is 0.381 e. The van der Waals surface area contributed by atoms with Gasteiger partial charge in [-0.15, -0.1) is 11.3 Å². The van der Waals surface area contributed by atoms with Crippen LogP contribution in [0.15, 0.2) is 15.9 Å². The van der Waals surface area contributed by atoms with Gasteiger partial charge in [0.25, 0.3) is 0 Å². The van der Waals surface area contributed by atoms with Crippen LogP contribution in [0.25, 0.3) is 0 Å². The second kappa shape index (κ2) is 5.00. The van der Waals surface area contributed by atoms with Crippen LogP contribution >= 0.6 is 27.3 Å². The number of nitrogens with one attached hydrogen (secondary N) is 1. The summed E-state index contributed by atoms with van der Waals surface area (Å²) in [6, 6.07) is 2.94. The van der Waals surface area contributed by atoms with Crippen molar-refractivity contribution in [3.8, 4) is 0 Å². The molecule has 0 bridgehead atoms. The van der Waals surface area contributed by atoms with Crippen LogP contribution in [0.1, 0.15) is 24.1 Å². The van der Waals surface area contributed by atoms with Gasteiger partial charge in [0.1, 0.15) is 0 Å². The van der Waals surface area contributed by atoms with Gasteiger partial charge in [-0.2, -0.15) is 0 Å². The SMILES string of the molecule is Brc1ccsc1CC1(CNC2CC2)CCOC1. The summed E-state index contributed by atoms with van der Waals surface area (Å²) in [5.74, 6) is 0. The highest BCUT2D eigenvalue weighted by molar-refractivity contribution is 9.10. The monoisotopic (exact) mass is 315 g/mol. The van der Waals surface area contributed by atoms with Gasteiger partial charge >= 0.3 is 0 Å². The van der Waals surface area contributed by atoms with Crippen LogP contribution in [0.3, 0.4) is 0 Å². The minimum Gasteiger partial charge on any atom is -0.381 e. The van der Waals surface area contributed by atoms with E-state index < -0.39 is 0 Å². The van der Waals surface area contributed by atoms with Gasteiger partial charge in [0.05, 0.1) is 6.61 Å². The Hall–Kier alpha value is 0.1000. The van der Waals surface area contributed by atoms with Crippen molar-refractivity contribution in [1.29, 1.82) is 0 Å². The van der Waals surface area contributed by atoms with E-state index in [4.69, 9.17) is 4.74 Å². The average Bonchev–Trinajstić information content (AvgIpc) is 2.92. The molecule has 0 spiro atoms. The van der Waals surface area contributed by atoms with E-state index in [1.165, 1.54) is 28.6 Å². The van der Waals surface area contributed by atoms with Crippen molar-refractivity contribution in [2.45, 2.75) is 31.7 Å². The van der Waals surface area contributed by atoms with Crippen LogP contribution in [-0.2, 0) is 11.2 Å². The second-order valence-electron chi connectivity index (χ2n) is 5.33. The lowest BCUT2D eigenvalue weighted by Crippen LogP contribution is -2.37. The summed E-state index contributed by atoms with van der Waals surface area (Å²) in [6.07, 6.45) is 5.06. The number of hydrogen-bond acceptors (Lipinski definition) is 3. The van der Waals surface area contributed by atoms with E-state index in [2.05, 4.69) is 32.7 Å². The Kier molecular flexibility index (Phi) is 3.57. The fraction of sp³-hybridized carbons (Fsp3) is 0.692. The molecule has 1 aliphatic carbocycles. The summed E-state index contributed by atoms with van der Waals surface area (Å²) < 4.78 is 6.92. The standard InChI is InChI=1S/C13H18BrNOS/c14-11-3-6-17-12(11)7-13(4-5-16-9-13)8-15-10-1-2-10/h3,6,10,15H,1-2,4-5,7-9H2. The normalized spacial score (nSPS) is 28.8. The van der Waals surface area contributed by atoms with E-state index in [0.717, 1.165) is 32.2 Å². The maximum atomic E-state index is 5.65. The van der Waals surface area contributed by atoms with Crippen molar-refractivity contribution < 1.29 is 4.74 Å². The van der Waals surface area contributed by atoms with Crippen molar-refractivity contribution in [2.24, 2.45) is 5.41 Å². The van der Waals surface area contributed by atoms with E-state index >= 15 is 0 Å². The maximum Gasteiger partial charge on any atom is 0.0538 e. The number of rotatable bonds is 5. The van der Waals surface area contributed by atoms with Gasteiger partial charge in [-0.05, 0) is 53.1 Å². The predicted octanol–water partition coefficient (Wildman–Crippen LogP) is 3.21. The molecular formula is C13H18BrNOS. The molecule has 3 rings (SSSR count). The second-order valence-corrected chi connectivity index (χ2v) is 7.18. The fourth-order valence-corrected chi connectivity index (χ4v) is 4.10. The molecule has 2 aliphatic rings. The smallest absolute Gasteiger partial charge is 0.0538 e. The molecule has 0 radical (unpaired) electrons. The first-order chi connectivity index (χ1) is 8.27. The molecule has 1 atom stereocenters. The zero-order valence-electron chi connectivity index (χ0n) is 9.88. The molecule has 1 saturated heterocycles. The van der Waals surface area contributed by atoms with Crippen LogP contribution in [0.4, 0.5) is 0 Å². The number of ether oxygens (including phenoxy) is 1. The van der Waals surface area contributed by atoms with Gasteiger partial charge in [0, 0.05) is 34.0 Å². The lowest BCUT2D eigenvalue weighted by atomic mass is 9.83. The minimum atomic E-state index is 0.329. The van der Waals surface area contributed by atoms with Gasteiger partial charge in [0.15, 0.2) is 0 Å². The van der Waals surface area contributed by atoms with E-state index in [0.29, 0.717) is 5.41 Å². The van der Waals surface area contributed by atoms with Gasteiger partial charge < -0.3 is 10.1 Å². The summed E-state index contributed by atoms with van der Waals surface area (Å²) >= 11 is 5.49. The van der Waals surface area contributed by atoms with E-state index in [1.807, 2.05) is 11.3 Å². The van der Waals surface area contributed by atoms with Gasteiger partial charge in [-0.3, -0.25) is 0 Å². The van der Waals surface area contributed by atoms with E-state index in [1.54, 1.807) is 0 Å². The van der Waals surface area contributed by atoms with Crippen molar-refractivity contribution >= 4 is 27.3 Å². The van der Waals surface area contributed by atoms with Crippen LogP contribution < -0.4 is 5.32 Å². The molecule has 17 heavy (non-hydrogen) atoms. The first-order valence-corrected chi connectivity index (χ1v) is 7.98. The molecule has 2 fully saturated rings. The third-order valence-electron chi connectivity index (χ3n) is 3.75. The molecule has 1 aromatic heterocycles. The van der Waals surface area contributed by atoms with Crippen LogP contribution in [0.2, 0.25) is 0 Å². The molecule has 4 heteroatoms. The minimum absolute atomic E-state index is 0.329. The van der Waals surface area contributed by atoms with Crippen LogP contribution in [0, 0.1) is 5.41 Å². The number of thiophene rings is 1. The lowest BCUT2D eigenvalue weighted by molar-refractivity contribution is 0.149. The Morgan fingerprint density at radius 1 is 1.53 bits per heavy atom. The molecule has 2 nitrogen and oxygen atoms in total. The maximum absolute atomic E-state index is 5.65. The van der Waals surface area contributed by atoms with Gasteiger partial charge in [-0.1, -0.05) is 0 Å². The van der Waals surface area contributed by atoms with E-state index in [9.17, 15) is 0 Å². The Morgan fingerprint density at radius 3 is 3.00 bits per heavy atom. The predicted molar refractivity (Wildman–Crippen MR) is 74.6 cm³/mol. The average molecular weight is 316 g/mol. The summed E-state index contributed by atoms with van der Waals surface area (Å²) in [5.41, 5.74) is 0.329. The molecule has 1 unspecified atom stereocenters. The van der Waals surface area contributed by atoms with Crippen molar-refractivity contribution in [3.05, 3.63) is 20.8 Å². The third kappa shape index (κ3) is 2.92. The van der Waals surface area contributed by atoms with Crippen LogP contribution in [-0.4, -0.2) is 25.8 Å². The fourth-order valence-electron chi connectivity index (χ4n) is 2.43. The number of hydrogen-bond donors (Lipinski definition) is 1. The van der Waals surface area contributed by atoms with Crippen molar-refractivity contribution in [3.63, 3.8) is 0 Å². The molecule has 94 valence electrons. The number of halogens is 1. The molecule has 1 saturated carbocycles. The lowest BCUT2D eigenvalue weighted by Gasteiger charge is -2.27. The zero-order valence-corrected chi connectivity index (χ0v) is 12.3. The molecule has 2 heterocycles. The highest BCUT2D eigenvalue weighted by Crippen LogP contribution is 2.37. The summed E-state index contributed by atoms with van der Waals surface area (Å²) in [7, 11) is 0. The van der Waals surface area contributed by atoms with E-state index in [-0.39, 0.29) is 0 Å². The molecule has 1 aliphatic heterocycles. The topological polar surface area (TPSA) is 21.3 Å². The quantitative estimate of drug-likeness (QED) is 0.901. The first kappa shape index (κ1) is 12.2. The van der Waals surface area contributed by atoms with Gasteiger partial charge in [-0.25, -0.2) is 0 Å². The molecule has 0 aromatic carbocycles. The summed E-state index contributed by atoms with van der Waals surface area (Å²) in [5, 5.41) is 5.84. The zero-order chi connectivity index (χ0) is 11.7. The van der Waals surface area contributed by atoms with Crippen molar-refractivity contribution in [1.82, 2.24) is 5.32 Å². The molecule has 0 amide bonds. The first-order valence-electron chi connectivity index (χ1n) is 6.30. The Morgan fingerprint density at radius 2 is 2.41 bits per heavy atom.